The van der Waals surface area contributed by atoms with E-state index in [0.29, 0.717) is 60.9 Å². The number of benzene rings is 2. The summed E-state index contributed by atoms with van der Waals surface area (Å²) in [6.07, 6.45) is 4.57. The minimum atomic E-state index is -0.206. The van der Waals surface area contributed by atoms with Gasteiger partial charge in [0, 0.05) is 61.6 Å². The van der Waals surface area contributed by atoms with E-state index in [1.54, 1.807) is 38.6 Å². The molecule has 6 aromatic rings. The molecule has 2 aliphatic rings. The maximum atomic E-state index is 12.4. The zero-order valence-electron chi connectivity index (χ0n) is 27.8. The van der Waals surface area contributed by atoms with Crippen molar-refractivity contribution in [2.75, 3.05) is 13.2 Å². The van der Waals surface area contributed by atoms with Crippen LogP contribution in [0.25, 0.3) is 22.8 Å². The highest BCUT2D eigenvalue weighted by Crippen LogP contribution is 2.36. The van der Waals surface area contributed by atoms with Gasteiger partial charge in [-0.1, -0.05) is 48.4 Å². The second kappa shape index (κ2) is 13.7. The molecule has 8 rings (SSSR count). The van der Waals surface area contributed by atoms with Crippen LogP contribution in [0.2, 0.25) is 0 Å². The monoisotopic (exact) mass is 678 g/mol. The Kier molecular flexibility index (Phi) is 8.81. The molecule has 256 valence electrons. The Balaban J connectivity index is 0.000000157. The van der Waals surface area contributed by atoms with Gasteiger partial charge in [0.2, 0.25) is 23.4 Å². The maximum Gasteiger partial charge on any atom is 0.270 e. The lowest BCUT2D eigenvalue weighted by molar-refractivity contribution is 0.0913. The van der Waals surface area contributed by atoms with Gasteiger partial charge in [-0.3, -0.25) is 19.0 Å². The van der Waals surface area contributed by atoms with Crippen LogP contribution >= 0.6 is 0 Å². The highest BCUT2D eigenvalue weighted by atomic mass is 16.5. The second-order valence-corrected chi connectivity index (χ2v) is 11.6. The average Bonchev–Trinajstić information content (AvgIpc) is 3.98. The van der Waals surface area contributed by atoms with Crippen molar-refractivity contribution in [3.8, 4) is 34.3 Å². The number of carbonyl (C=O) groups excluding carboxylic acids is 2. The molecule has 2 atom stereocenters. The summed E-state index contributed by atoms with van der Waals surface area (Å²) in [5.74, 6) is 3.32. The Morgan fingerprint density at radius 1 is 0.700 bits per heavy atom. The van der Waals surface area contributed by atoms with Crippen molar-refractivity contribution in [3.05, 3.63) is 95.2 Å². The van der Waals surface area contributed by atoms with Crippen molar-refractivity contribution in [3.63, 3.8) is 0 Å². The van der Waals surface area contributed by atoms with Crippen LogP contribution in [0.4, 0.5) is 0 Å². The molecule has 0 fully saturated rings. The first-order chi connectivity index (χ1) is 24.3. The van der Waals surface area contributed by atoms with Crippen LogP contribution < -0.4 is 20.1 Å². The molecule has 6 heterocycles. The summed E-state index contributed by atoms with van der Waals surface area (Å²) < 4.78 is 24.8. The van der Waals surface area contributed by atoms with Crippen LogP contribution in [-0.2, 0) is 26.9 Å². The van der Waals surface area contributed by atoms with Gasteiger partial charge in [0.25, 0.3) is 11.8 Å². The lowest BCUT2D eigenvalue weighted by Gasteiger charge is -2.11. The number of hydrogen-bond acceptors (Lipinski definition) is 12. The van der Waals surface area contributed by atoms with Crippen molar-refractivity contribution >= 4 is 11.8 Å². The average molecular weight is 679 g/mol. The predicted octanol–water partition coefficient (Wildman–Crippen LogP) is 3.79. The van der Waals surface area contributed by atoms with Crippen LogP contribution in [0, 0.1) is 0 Å². The molecule has 2 N–H and O–H groups in total. The highest BCUT2D eigenvalue weighted by molar-refractivity contribution is 5.93. The molecule has 1 unspecified atom stereocenters. The van der Waals surface area contributed by atoms with Crippen molar-refractivity contribution in [1.29, 1.82) is 0 Å². The van der Waals surface area contributed by atoms with Crippen molar-refractivity contribution < 1.29 is 28.1 Å². The van der Waals surface area contributed by atoms with E-state index < -0.39 is 0 Å². The van der Waals surface area contributed by atoms with E-state index in [-0.39, 0.29) is 23.9 Å². The van der Waals surface area contributed by atoms with Crippen molar-refractivity contribution in [2.24, 2.45) is 14.1 Å². The Morgan fingerprint density at radius 2 is 1.14 bits per heavy atom. The van der Waals surface area contributed by atoms with Gasteiger partial charge >= 0.3 is 0 Å². The molecule has 0 saturated heterocycles. The third-order valence-corrected chi connectivity index (χ3v) is 8.36. The standard InChI is InChI=1S/2C17H17N5O3/c2*1-3-15-20-16(21-25-15)10-4-5-11-12(9-24-14(11)8-10)19-17(23)13-6-7-18-22(13)2/h2*4-8,12H,3,9H2,1-2H3,(H,19,23)/t12-;/m1./s1. The largest absolute Gasteiger partial charge is 0.491 e. The topological polar surface area (TPSA) is 190 Å². The molecule has 2 amide bonds. The molecule has 0 bridgehead atoms. The van der Waals surface area contributed by atoms with Gasteiger partial charge in [0.15, 0.2) is 0 Å². The van der Waals surface area contributed by atoms with E-state index in [9.17, 15) is 9.59 Å². The van der Waals surface area contributed by atoms with Crippen LogP contribution in [0.15, 0.2) is 70.0 Å². The number of aromatic nitrogens is 8. The fraction of sp³-hybridized carbons (Fsp3) is 0.294. The summed E-state index contributed by atoms with van der Waals surface area (Å²) in [6, 6.07) is 14.3. The van der Waals surface area contributed by atoms with Gasteiger partial charge in [-0.25, -0.2) is 0 Å². The Morgan fingerprint density at radius 3 is 1.50 bits per heavy atom. The number of carbonyl (C=O) groups is 2. The van der Waals surface area contributed by atoms with E-state index in [4.69, 9.17) is 18.5 Å². The normalized spacial score (nSPS) is 15.7. The van der Waals surface area contributed by atoms with Gasteiger partial charge in [0.05, 0.1) is 12.1 Å². The van der Waals surface area contributed by atoms with Gasteiger partial charge in [0.1, 0.15) is 36.1 Å². The molecule has 0 aliphatic carbocycles. The summed E-state index contributed by atoms with van der Waals surface area (Å²) in [7, 11) is 3.46. The summed E-state index contributed by atoms with van der Waals surface area (Å²) in [5, 5.41) is 21.9. The van der Waals surface area contributed by atoms with Crippen molar-refractivity contribution in [1.82, 2.24) is 50.5 Å². The first kappa shape index (κ1) is 32.2. The molecule has 0 radical (unpaired) electrons. The molecular formula is C34H34N10O6. The Hall–Kier alpha value is -6.32. The van der Waals surface area contributed by atoms with Crippen molar-refractivity contribution in [2.45, 2.75) is 38.8 Å². The number of rotatable bonds is 8. The molecule has 2 aliphatic heterocycles. The zero-order valence-corrected chi connectivity index (χ0v) is 27.8. The summed E-state index contributed by atoms with van der Waals surface area (Å²) in [5.41, 5.74) is 4.51. The summed E-state index contributed by atoms with van der Waals surface area (Å²) in [4.78, 5) is 33.4. The number of fused-ring (bicyclic) bond motifs is 2. The van der Waals surface area contributed by atoms with Crippen LogP contribution in [0.3, 0.4) is 0 Å². The molecule has 0 spiro atoms. The number of aryl methyl sites for hydroxylation is 4. The molecule has 2 aromatic carbocycles. The predicted molar refractivity (Wildman–Crippen MR) is 176 cm³/mol. The summed E-state index contributed by atoms with van der Waals surface area (Å²) in [6.45, 7) is 4.68. The molecule has 4 aromatic heterocycles. The van der Waals surface area contributed by atoms with E-state index in [0.717, 1.165) is 33.8 Å². The SMILES string of the molecule is CCc1nc(-c2ccc3c(c2)OCC3NC(=O)c2ccnn2C)no1.CCc1nc(-c2ccc3c(c2)OC[C@H]3NC(=O)c2ccnn2C)no1. The van der Waals surface area contributed by atoms with Gasteiger partial charge in [-0.15, -0.1) is 0 Å². The van der Waals surface area contributed by atoms with Crippen LogP contribution in [0.1, 0.15) is 69.8 Å². The van der Waals surface area contributed by atoms with Gasteiger partial charge in [-0.05, 0) is 24.3 Å². The van der Waals surface area contributed by atoms with E-state index in [2.05, 4.69) is 41.1 Å². The number of nitrogens with one attached hydrogen (secondary N) is 2. The number of nitrogens with zero attached hydrogens (tertiary/aromatic N) is 8. The van der Waals surface area contributed by atoms with E-state index in [1.807, 2.05) is 50.2 Å². The lowest BCUT2D eigenvalue weighted by Crippen LogP contribution is -2.30. The third-order valence-electron chi connectivity index (χ3n) is 8.36. The number of ether oxygens (including phenoxy) is 2. The molecule has 50 heavy (non-hydrogen) atoms. The number of hydrogen-bond donors (Lipinski definition) is 2. The Labute approximate surface area is 285 Å². The minimum Gasteiger partial charge on any atom is -0.491 e. The lowest BCUT2D eigenvalue weighted by atomic mass is 10.1. The zero-order chi connectivity index (χ0) is 34.8. The first-order valence-electron chi connectivity index (χ1n) is 16.1. The quantitative estimate of drug-likeness (QED) is 0.237. The summed E-state index contributed by atoms with van der Waals surface area (Å²) >= 11 is 0. The van der Waals surface area contributed by atoms with Gasteiger partial charge in [-0.2, -0.15) is 20.2 Å². The van der Waals surface area contributed by atoms with Gasteiger partial charge < -0.3 is 29.2 Å². The molecule has 16 heteroatoms. The van der Waals surface area contributed by atoms with E-state index in [1.165, 1.54) is 9.36 Å². The second-order valence-electron chi connectivity index (χ2n) is 11.6. The fourth-order valence-electron chi connectivity index (χ4n) is 5.63. The van der Waals surface area contributed by atoms with Crippen LogP contribution in [0.5, 0.6) is 11.5 Å². The van der Waals surface area contributed by atoms with Crippen LogP contribution in [-0.4, -0.2) is 64.9 Å². The third kappa shape index (κ3) is 6.42. The Bertz CT molecular complexity index is 2010. The molecule has 16 nitrogen and oxygen atoms in total. The highest BCUT2D eigenvalue weighted by Gasteiger charge is 2.29. The number of amides is 2. The molecule has 0 saturated carbocycles. The smallest absolute Gasteiger partial charge is 0.270 e. The molecular weight excluding hydrogens is 644 g/mol. The minimum absolute atomic E-state index is 0.184. The van der Waals surface area contributed by atoms with E-state index >= 15 is 0 Å². The fourth-order valence-corrected chi connectivity index (χ4v) is 5.63. The first-order valence-corrected chi connectivity index (χ1v) is 16.1. The maximum absolute atomic E-state index is 12.4.